The number of alkyl halides is 3. The molecule has 4 N–H and O–H groups in total. The Kier molecular flexibility index (Phi) is 2.48. The highest BCUT2D eigenvalue weighted by molar-refractivity contribution is 5.96. The van der Waals surface area contributed by atoms with Gasteiger partial charge in [-0.15, -0.1) is 0 Å². The average Bonchev–Trinajstić information content (AvgIpc) is 2.06. The van der Waals surface area contributed by atoms with Crippen molar-refractivity contribution in [2.75, 3.05) is 0 Å². The second-order valence-corrected chi connectivity index (χ2v) is 2.75. The number of carbonyl (C=O) groups excluding carboxylic acids is 1. The van der Waals surface area contributed by atoms with Crippen LogP contribution in [0, 0.1) is 0 Å². The summed E-state index contributed by atoms with van der Waals surface area (Å²) in [4.78, 5) is 10.6. The lowest BCUT2D eigenvalue weighted by molar-refractivity contribution is -0.137. The van der Waals surface area contributed by atoms with Crippen LogP contribution >= 0.6 is 0 Å². The number of rotatable bonds is 1. The summed E-state index contributed by atoms with van der Waals surface area (Å²) in [5.74, 6) is -3.26. The van der Waals surface area contributed by atoms with E-state index in [0.29, 0.717) is 12.1 Å². The minimum Gasteiger partial charge on any atom is -0.504 e. The van der Waals surface area contributed by atoms with Gasteiger partial charge in [0.25, 0.3) is 5.91 Å². The molecule has 0 bridgehead atoms. The zero-order valence-corrected chi connectivity index (χ0v) is 7.17. The van der Waals surface area contributed by atoms with E-state index in [9.17, 15) is 18.0 Å². The van der Waals surface area contributed by atoms with Crippen LogP contribution in [-0.2, 0) is 6.18 Å². The van der Waals surface area contributed by atoms with Crippen molar-refractivity contribution < 1.29 is 28.2 Å². The van der Waals surface area contributed by atoms with Crippen LogP contribution in [0.15, 0.2) is 12.1 Å². The van der Waals surface area contributed by atoms with Crippen LogP contribution in [0.4, 0.5) is 13.2 Å². The summed E-state index contributed by atoms with van der Waals surface area (Å²) in [5, 5.41) is 18.0. The first-order valence-electron chi connectivity index (χ1n) is 3.66. The van der Waals surface area contributed by atoms with Crippen LogP contribution in [0.2, 0.25) is 0 Å². The maximum Gasteiger partial charge on any atom is 0.416 e. The largest absolute Gasteiger partial charge is 0.504 e. The molecule has 1 aromatic carbocycles. The molecule has 0 saturated heterocycles. The summed E-state index contributed by atoms with van der Waals surface area (Å²) >= 11 is 0. The number of primary amides is 1. The number of phenols is 2. The molecular formula is C8H6F3NO3. The molecule has 0 radical (unpaired) electrons. The van der Waals surface area contributed by atoms with Gasteiger partial charge in [0.2, 0.25) is 0 Å². The molecule has 1 aromatic rings. The van der Waals surface area contributed by atoms with Gasteiger partial charge in [-0.25, -0.2) is 0 Å². The first-order chi connectivity index (χ1) is 6.73. The Balaban J connectivity index is 3.43. The summed E-state index contributed by atoms with van der Waals surface area (Å²) in [6.07, 6.45) is -4.73. The van der Waals surface area contributed by atoms with Gasteiger partial charge in [0.1, 0.15) is 0 Å². The predicted molar refractivity (Wildman–Crippen MR) is 43.3 cm³/mol. The number of aromatic hydroxyl groups is 2. The van der Waals surface area contributed by atoms with E-state index in [0.717, 1.165) is 0 Å². The fourth-order valence-electron chi connectivity index (χ4n) is 0.971. The van der Waals surface area contributed by atoms with Gasteiger partial charge < -0.3 is 15.9 Å². The van der Waals surface area contributed by atoms with Gasteiger partial charge in [-0.2, -0.15) is 13.2 Å². The number of halogens is 3. The molecule has 4 nitrogen and oxygen atoms in total. The van der Waals surface area contributed by atoms with Crippen molar-refractivity contribution >= 4 is 5.91 Å². The van der Waals surface area contributed by atoms with Crippen molar-refractivity contribution in [3.05, 3.63) is 23.3 Å². The molecule has 0 atom stereocenters. The van der Waals surface area contributed by atoms with Crippen molar-refractivity contribution in [2.45, 2.75) is 6.18 Å². The topological polar surface area (TPSA) is 83.6 Å². The monoisotopic (exact) mass is 221 g/mol. The van der Waals surface area contributed by atoms with E-state index in [4.69, 9.17) is 15.9 Å². The summed E-state index contributed by atoms with van der Waals surface area (Å²) < 4.78 is 36.6. The third kappa shape index (κ3) is 2.12. The van der Waals surface area contributed by atoms with Gasteiger partial charge in [-0.3, -0.25) is 4.79 Å². The van der Waals surface area contributed by atoms with Gasteiger partial charge in [-0.1, -0.05) is 0 Å². The smallest absolute Gasteiger partial charge is 0.416 e. The summed E-state index contributed by atoms with van der Waals surface area (Å²) in [7, 11) is 0. The maximum atomic E-state index is 12.2. The maximum absolute atomic E-state index is 12.2. The second-order valence-electron chi connectivity index (χ2n) is 2.75. The molecule has 0 aliphatic rings. The van der Waals surface area contributed by atoms with Crippen molar-refractivity contribution in [1.82, 2.24) is 0 Å². The van der Waals surface area contributed by atoms with Crippen molar-refractivity contribution in [3.63, 3.8) is 0 Å². The van der Waals surface area contributed by atoms with Crippen LogP contribution in [0.5, 0.6) is 11.5 Å². The Morgan fingerprint density at radius 1 is 1.27 bits per heavy atom. The highest BCUT2D eigenvalue weighted by Gasteiger charge is 2.33. The molecule has 0 unspecified atom stereocenters. The van der Waals surface area contributed by atoms with Crippen LogP contribution in [0.1, 0.15) is 15.9 Å². The zero-order valence-electron chi connectivity index (χ0n) is 7.17. The lowest BCUT2D eigenvalue weighted by atomic mass is 10.1. The normalized spacial score (nSPS) is 11.4. The highest BCUT2D eigenvalue weighted by atomic mass is 19.4. The van der Waals surface area contributed by atoms with Gasteiger partial charge in [-0.05, 0) is 12.1 Å². The average molecular weight is 221 g/mol. The number of phenolic OH excluding ortho intramolecular Hbond substituents is 1. The number of nitrogens with two attached hydrogens (primary N) is 1. The van der Waals surface area contributed by atoms with E-state index in [1.165, 1.54) is 0 Å². The lowest BCUT2D eigenvalue weighted by Gasteiger charge is -2.10. The molecule has 15 heavy (non-hydrogen) atoms. The quantitative estimate of drug-likeness (QED) is 0.623. The number of hydrogen-bond acceptors (Lipinski definition) is 3. The highest BCUT2D eigenvalue weighted by Crippen LogP contribution is 2.37. The first-order valence-corrected chi connectivity index (χ1v) is 3.66. The Morgan fingerprint density at radius 2 is 1.80 bits per heavy atom. The molecule has 0 fully saturated rings. The predicted octanol–water partition coefficient (Wildman–Crippen LogP) is 1.22. The van der Waals surface area contributed by atoms with Crippen LogP contribution in [0.25, 0.3) is 0 Å². The van der Waals surface area contributed by atoms with Crippen molar-refractivity contribution in [3.8, 4) is 11.5 Å². The molecule has 1 amide bonds. The fraction of sp³-hybridized carbons (Fsp3) is 0.125. The van der Waals surface area contributed by atoms with Gasteiger partial charge >= 0.3 is 6.18 Å². The second kappa shape index (κ2) is 3.34. The number of amides is 1. The molecule has 0 aromatic heterocycles. The molecule has 0 heterocycles. The molecule has 0 spiro atoms. The minimum absolute atomic E-state index is 0.307. The minimum atomic E-state index is -4.73. The molecule has 0 saturated carbocycles. The van der Waals surface area contributed by atoms with Crippen molar-refractivity contribution in [1.29, 1.82) is 0 Å². The van der Waals surface area contributed by atoms with E-state index in [1.807, 2.05) is 0 Å². The summed E-state index contributed by atoms with van der Waals surface area (Å²) in [5.41, 5.74) is 2.68. The standard InChI is InChI=1S/C8H6F3NO3/c9-8(10,11)3-1-4(7(12)15)6(14)5(13)2-3/h1-2,13-14H,(H2,12,15). The number of carbonyl (C=O) groups is 1. The van der Waals surface area contributed by atoms with E-state index >= 15 is 0 Å². The van der Waals surface area contributed by atoms with Crippen molar-refractivity contribution in [2.24, 2.45) is 5.73 Å². The molecule has 0 aliphatic heterocycles. The lowest BCUT2D eigenvalue weighted by Crippen LogP contribution is -2.13. The summed E-state index contributed by atoms with van der Waals surface area (Å²) in [6.45, 7) is 0. The molecule has 1 rings (SSSR count). The van der Waals surface area contributed by atoms with Crippen LogP contribution < -0.4 is 5.73 Å². The van der Waals surface area contributed by atoms with E-state index < -0.39 is 34.7 Å². The fourth-order valence-corrected chi connectivity index (χ4v) is 0.971. The number of hydrogen-bond donors (Lipinski definition) is 3. The van der Waals surface area contributed by atoms with E-state index in [-0.39, 0.29) is 0 Å². The molecule has 0 aliphatic carbocycles. The Bertz CT molecular complexity index is 414. The first kappa shape index (κ1) is 11.2. The Hall–Kier alpha value is -1.92. The zero-order chi connectivity index (χ0) is 11.8. The van der Waals surface area contributed by atoms with Gasteiger partial charge in [0, 0.05) is 0 Å². The van der Waals surface area contributed by atoms with Crippen LogP contribution in [0.3, 0.4) is 0 Å². The molecular weight excluding hydrogens is 215 g/mol. The summed E-state index contributed by atoms with van der Waals surface area (Å²) in [6, 6.07) is 0.680. The molecule has 7 heteroatoms. The van der Waals surface area contributed by atoms with E-state index in [1.54, 1.807) is 0 Å². The Labute approximate surface area is 81.7 Å². The Morgan fingerprint density at radius 3 is 2.20 bits per heavy atom. The number of benzene rings is 1. The molecule has 82 valence electrons. The van der Waals surface area contributed by atoms with Gasteiger partial charge in [0.05, 0.1) is 11.1 Å². The third-order valence-electron chi connectivity index (χ3n) is 1.68. The van der Waals surface area contributed by atoms with E-state index in [2.05, 4.69) is 0 Å². The van der Waals surface area contributed by atoms with Crippen LogP contribution in [-0.4, -0.2) is 16.1 Å². The SMILES string of the molecule is NC(=O)c1cc(C(F)(F)F)cc(O)c1O. The van der Waals surface area contributed by atoms with Gasteiger partial charge in [0.15, 0.2) is 11.5 Å². The third-order valence-corrected chi connectivity index (χ3v) is 1.68.